The van der Waals surface area contributed by atoms with Crippen molar-refractivity contribution in [3.05, 3.63) is 34.3 Å². The molecule has 0 bridgehead atoms. The Morgan fingerprint density at radius 2 is 2.00 bits per heavy atom. The molecule has 1 unspecified atom stereocenters. The highest BCUT2D eigenvalue weighted by Crippen LogP contribution is 2.32. The summed E-state index contributed by atoms with van der Waals surface area (Å²) in [6.45, 7) is 4.23. The van der Waals surface area contributed by atoms with Crippen LogP contribution in [0.4, 0.5) is 0 Å². The van der Waals surface area contributed by atoms with E-state index in [-0.39, 0.29) is 0 Å². The number of benzene rings is 1. The second-order valence-corrected chi connectivity index (χ2v) is 5.27. The zero-order valence-corrected chi connectivity index (χ0v) is 11.8. The van der Waals surface area contributed by atoms with Gasteiger partial charge in [0, 0.05) is 4.47 Å². The highest BCUT2D eigenvalue weighted by molar-refractivity contribution is 9.10. The van der Waals surface area contributed by atoms with Crippen LogP contribution in [0.5, 0.6) is 0 Å². The van der Waals surface area contributed by atoms with Crippen molar-refractivity contribution < 1.29 is 5.11 Å². The SMILES string of the molecule is CCCCCC(O)(CC)c1cccc(Br)c1. The second-order valence-electron chi connectivity index (χ2n) is 4.35. The molecule has 1 nitrogen and oxygen atoms in total. The number of hydrogen-bond donors (Lipinski definition) is 1. The smallest absolute Gasteiger partial charge is 0.0894 e. The zero-order chi connectivity index (χ0) is 12.0. The minimum absolute atomic E-state index is 0.654. The first kappa shape index (κ1) is 13.7. The lowest BCUT2D eigenvalue weighted by Gasteiger charge is -2.27. The Bertz CT molecular complexity index is 324. The van der Waals surface area contributed by atoms with E-state index in [1.165, 1.54) is 12.8 Å². The summed E-state index contributed by atoms with van der Waals surface area (Å²) >= 11 is 3.45. The maximum Gasteiger partial charge on any atom is 0.0894 e. The van der Waals surface area contributed by atoms with Crippen LogP contribution in [0, 0.1) is 0 Å². The molecular formula is C14H21BrO. The third-order valence-corrected chi connectivity index (χ3v) is 3.63. The first-order chi connectivity index (χ1) is 7.62. The second kappa shape index (κ2) is 6.41. The summed E-state index contributed by atoms with van der Waals surface area (Å²) in [6, 6.07) is 8.02. The molecule has 0 radical (unpaired) electrons. The molecule has 0 aliphatic heterocycles. The van der Waals surface area contributed by atoms with Gasteiger partial charge in [-0.25, -0.2) is 0 Å². The molecule has 1 atom stereocenters. The largest absolute Gasteiger partial charge is 0.385 e. The van der Waals surface area contributed by atoms with Gasteiger partial charge in [0.25, 0.3) is 0 Å². The maximum absolute atomic E-state index is 10.6. The minimum Gasteiger partial charge on any atom is -0.385 e. The monoisotopic (exact) mass is 284 g/mol. The van der Waals surface area contributed by atoms with E-state index in [4.69, 9.17) is 0 Å². The molecule has 2 heteroatoms. The Morgan fingerprint density at radius 3 is 2.56 bits per heavy atom. The van der Waals surface area contributed by atoms with Gasteiger partial charge in [0.1, 0.15) is 0 Å². The molecule has 1 N–H and O–H groups in total. The van der Waals surface area contributed by atoms with Crippen LogP contribution in [0.3, 0.4) is 0 Å². The summed E-state index contributed by atoms with van der Waals surface area (Å²) < 4.78 is 1.03. The first-order valence-corrected chi connectivity index (χ1v) is 6.90. The van der Waals surface area contributed by atoms with E-state index >= 15 is 0 Å². The van der Waals surface area contributed by atoms with Crippen molar-refractivity contribution in [3.8, 4) is 0 Å². The summed E-state index contributed by atoms with van der Waals surface area (Å²) in [5.74, 6) is 0. The summed E-state index contributed by atoms with van der Waals surface area (Å²) in [6.07, 6.45) is 5.10. The molecule has 1 rings (SSSR count). The Kier molecular flexibility index (Phi) is 5.50. The summed E-state index contributed by atoms with van der Waals surface area (Å²) in [5.41, 5.74) is 0.374. The van der Waals surface area contributed by atoms with Crippen LogP contribution in [-0.2, 0) is 5.60 Å². The van der Waals surface area contributed by atoms with Crippen LogP contribution >= 0.6 is 15.9 Å². The predicted molar refractivity (Wildman–Crippen MR) is 72.5 cm³/mol. The number of unbranched alkanes of at least 4 members (excludes halogenated alkanes) is 2. The molecule has 0 heterocycles. The Morgan fingerprint density at radius 1 is 1.25 bits per heavy atom. The van der Waals surface area contributed by atoms with Gasteiger partial charge < -0.3 is 5.11 Å². The summed E-state index contributed by atoms with van der Waals surface area (Å²) in [4.78, 5) is 0. The molecule has 0 saturated carbocycles. The van der Waals surface area contributed by atoms with Gasteiger partial charge in [-0.15, -0.1) is 0 Å². The average Bonchev–Trinajstić information content (AvgIpc) is 2.29. The van der Waals surface area contributed by atoms with E-state index in [2.05, 4.69) is 22.9 Å². The Labute approximate surface area is 107 Å². The molecule has 16 heavy (non-hydrogen) atoms. The van der Waals surface area contributed by atoms with Gasteiger partial charge in [0.2, 0.25) is 0 Å². The average molecular weight is 285 g/mol. The lowest BCUT2D eigenvalue weighted by molar-refractivity contribution is 0.0207. The molecule has 0 saturated heterocycles. The number of hydrogen-bond acceptors (Lipinski definition) is 1. The number of rotatable bonds is 6. The van der Waals surface area contributed by atoms with Gasteiger partial charge in [-0.2, -0.15) is 0 Å². The van der Waals surface area contributed by atoms with Gasteiger partial charge in [0.05, 0.1) is 5.60 Å². The lowest BCUT2D eigenvalue weighted by Crippen LogP contribution is -2.24. The molecule has 0 fully saturated rings. The van der Waals surface area contributed by atoms with E-state index in [0.717, 1.165) is 29.3 Å². The lowest BCUT2D eigenvalue weighted by atomic mass is 9.86. The van der Waals surface area contributed by atoms with Gasteiger partial charge in [-0.3, -0.25) is 0 Å². The van der Waals surface area contributed by atoms with E-state index in [1.807, 2.05) is 31.2 Å². The third kappa shape index (κ3) is 3.60. The molecular weight excluding hydrogens is 264 g/mol. The zero-order valence-electron chi connectivity index (χ0n) is 10.2. The van der Waals surface area contributed by atoms with E-state index in [9.17, 15) is 5.11 Å². The topological polar surface area (TPSA) is 20.2 Å². The number of halogens is 1. The van der Waals surface area contributed by atoms with Crippen molar-refractivity contribution in [2.75, 3.05) is 0 Å². The van der Waals surface area contributed by atoms with Crippen molar-refractivity contribution >= 4 is 15.9 Å². The van der Waals surface area contributed by atoms with Crippen LogP contribution in [0.2, 0.25) is 0 Å². The van der Waals surface area contributed by atoms with Gasteiger partial charge >= 0.3 is 0 Å². The van der Waals surface area contributed by atoms with E-state index in [0.29, 0.717) is 0 Å². The minimum atomic E-state index is -0.654. The van der Waals surface area contributed by atoms with Crippen LogP contribution in [0.25, 0.3) is 0 Å². The van der Waals surface area contributed by atoms with Gasteiger partial charge in [0.15, 0.2) is 0 Å². The predicted octanol–water partition coefficient (Wildman–Crippen LogP) is 4.63. The Hall–Kier alpha value is -0.340. The summed E-state index contributed by atoms with van der Waals surface area (Å²) in [5, 5.41) is 10.6. The maximum atomic E-state index is 10.6. The van der Waals surface area contributed by atoms with Crippen LogP contribution in [-0.4, -0.2) is 5.11 Å². The fourth-order valence-corrected chi connectivity index (χ4v) is 2.37. The highest BCUT2D eigenvalue weighted by atomic mass is 79.9. The quantitative estimate of drug-likeness (QED) is 0.756. The van der Waals surface area contributed by atoms with E-state index < -0.39 is 5.60 Å². The molecule has 0 amide bonds. The fourth-order valence-electron chi connectivity index (χ4n) is 1.97. The van der Waals surface area contributed by atoms with Gasteiger partial charge in [-0.1, -0.05) is 61.2 Å². The first-order valence-electron chi connectivity index (χ1n) is 6.11. The molecule has 90 valence electrons. The van der Waals surface area contributed by atoms with Crippen LogP contribution in [0.15, 0.2) is 28.7 Å². The molecule has 1 aromatic carbocycles. The van der Waals surface area contributed by atoms with Crippen molar-refractivity contribution in [1.82, 2.24) is 0 Å². The highest BCUT2D eigenvalue weighted by Gasteiger charge is 2.26. The molecule has 1 aromatic rings. The standard InChI is InChI=1S/C14H21BrO/c1-3-5-6-10-14(16,4-2)12-8-7-9-13(15)11-12/h7-9,11,16H,3-6,10H2,1-2H3. The van der Waals surface area contributed by atoms with Crippen molar-refractivity contribution in [2.45, 2.75) is 51.6 Å². The molecule has 0 spiro atoms. The van der Waals surface area contributed by atoms with Crippen molar-refractivity contribution in [2.24, 2.45) is 0 Å². The van der Waals surface area contributed by atoms with Crippen molar-refractivity contribution in [1.29, 1.82) is 0 Å². The van der Waals surface area contributed by atoms with E-state index in [1.54, 1.807) is 0 Å². The molecule has 0 aromatic heterocycles. The molecule has 0 aliphatic rings. The summed E-state index contributed by atoms with van der Waals surface area (Å²) in [7, 11) is 0. The van der Waals surface area contributed by atoms with Crippen LogP contribution < -0.4 is 0 Å². The van der Waals surface area contributed by atoms with Crippen molar-refractivity contribution in [3.63, 3.8) is 0 Å². The van der Waals surface area contributed by atoms with Gasteiger partial charge in [-0.05, 0) is 30.5 Å². The third-order valence-electron chi connectivity index (χ3n) is 3.14. The number of aliphatic hydroxyl groups is 1. The Balaban J connectivity index is 2.78. The fraction of sp³-hybridized carbons (Fsp3) is 0.571. The normalized spacial score (nSPS) is 14.8. The van der Waals surface area contributed by atoms with Crippen LogP contribution in [0.1, 0.15) is 51.5 Å². The molecule has 0 aliphatic carbocycles.